The van der Waals surface area contributed by atoms with Crippen molar-refractivity contribution in [3.8, 4) is 22.3 Å². The third kappa shape index (κ3) is 3.40. The van der Waals surface area contributed by atoms with E-state index in [0.717, 1.165) is 17.6 Å². The molecule has 1 nitrogen and oxygen atoms in total. The molecule has 1 heteroatoms. The van der Waals surface area contributed by atoms with E-state index < -0.39 is 0 Å². The first-order valence-corrected chi connectivity index (χ1v) is 16.4. The average molecular weight is 589 g/mol. The third-order valence-corrected chi connectivity index (χ3v) is 10.8. The molecule has 0 fully saturated rings. The van der Waals surface area contributed by atoms with Crippen LogP contribution in [0.25, 0.3) is 71.8 Å². The summed E-state index contributed by atoms with van der Waals surface area (Å²) in [5, 5.41) is 7.62. The third-order valence-electron chi connectivity index (χ3n) is 10.8. The minimum absolute atomic E-state index is 0.153. The molecule has 0 N–H and O–H groups in total. The monoisotopic (exact) mass is 588 g/mol. The van der Waals surface area contributed by atoms with E-state index in [1.807, 2.05) is 0 Å². The molecule has 2 aliphatic carbocycles. The highest BCUT2D eigenvalue weighted by Gasteiger charge is 2.39. The Morgan fingerprint density at radius 2 is 1.22 bits per heavy atom. The molecule has 0 saturated carbocycles. The van der Waals surface area contributed by atoms with Crippen molar-refractivity contribution in [1.29, 1.82) is 0 Å². The van der Waals surface area contributed by atoms with Gasteiger partial charge in [-0.15, -0.1) is 0 Å². The van der Waals surface area contributed by atoms with Crippen LogP contribution in [0.5, 0.6) is 0 Å². The highest BCUT2D eigenvalue weighted by molar-refractivity contribution is 6.24. The number of hydrogen-bond acceptors (Lipinski definition) is 1. The first-order valence-electron chi connectivity index (χ1n) is 16.4. The van der Waals surface area contributed by atoms with Crippen molar-refractivity contribution in [3.05, 3.63) is 161 Å². The molecule has 1 aromatic heterocycles. The molecule has 218 valence electrons. The Bertz CT molecular complexity index is 2530. The maximum Gasteiger partial charge on any atom is 0.144 e. The highest BCUT2D eigenvalue weighted by Crippen LogP contribution is 2.56. The van der Waals surface area contributed by atoms with Crippen LogP contribution in [0.2, 0.25) is 0 Å². The van der Waals surface area contributed by atoms with Crippen molar-refractivity contribution in [1.82, 2.24) is 0 Å². The van der Waals surface area contributed by atoms with Gasteiger partial charge in [0, 0.05) is 27.7 Å². The van der Waals surface area contributed by atoms with Gasteiger partial charge in [-0.05, 0) is 84.6 Å². The molecule has 0 saturated heterocycles. The van der Waals surface area contributed by atoms with E-state index >= 15 is 0 Å². The minimum Gasteiger partial charge on any atom is -0.455 e. The van der Waals surface area contributed by atoms with Crippen molar-refractivity contribution < 1.29 is 4.42 Å². The second kappa shape index (κ2) is 9.31. The summed E-state index contributed by atoms with van der Waals surface area (Å²) >= 11 is 0. The summed E-state index contributed by atoms with van der Waals surface area (Å²) in [5.74, 6) is 0.293. The van der Waals surface area contributed by atoms with Crippen molar-refractivity contribution >= 4 is 49.6 Å². The van der Waals surface area contributed by atoms with Crippen molar-refractivity contribution in [2.24, 2.45) is 0 Å². The Labute approximate surface area is 268 Å². The van der Waals surface area contributed by atoms with Crippen LogP contribution >= 0.6 is 0 Å². The molecular formula is C45H32O. The van der Waals surface area contributed by atoms with E-state index in [1.165, 1.54) is 82.4 Å². The van der Waals surface area contributed by atoms with Crippen molar-refractivity contribution in [2.45, 2.75) is 31.6 Å². The summed E-state index contributed by atoms with van der Waals surface area (Å²) in [4.78, 5) is 0. The quantitative estimate of drug-likeness (QED) is 0.183. The maximum atomic E-state index is 6.87. The van der Waals surface area contributed by atoms with Crippen LogP contribution in [0, 0.1) is 0 Å². The van der Waals surface area contributed by atoms with E-state index in [9.17, 15) is 0 Å². The molecule has 46 heavy (non-hydrogen) atoms. The lowest BCUT2D eigenvalue weighted by atomic mass is 9.77. The Kier molecular flexibility index (Phi) is 5.24. The van der Waals surface area contributed by atoms with Gasteiger partial charge >= 0.3 is 0 Å². The lowest BCUT2D eigenvalue weighted by Gasteiger charge is -2.26. The number of hydrogen-bond donors (Lipinski definition) is 0. The van der Waals surface area contributed by atoms with Gasteiger partial charge in [0.05, 0.1) is 0 Å². The van der Waals surface area contributed by atoms with Gasteiger partial charge in [0.1, 0.15) is 11.2 Å². The largest absolute Gasteiger partial charge is 0.455 e. The summed E-state index contributed by atoms with van der Waals surface area (Å²) in [6, 6.07) is 46.9. The number of fused-ring (bicyclic) bond motifs is 10. The van der Waals surface area contributed by atoms with Crippen LogP contribution in [0.4, 0.5) is 0 Å². The van der Waals surface area contributed by atoms with E-state index in [-0.39, 0.29) is 5.41 Å². The predicted molar refractivity (Wildman–Crippen MR) is 194 cm³/mol. The molecule has 0 spiro atoms. The van der Waals surface area contributed by atoms with E-state index in [4.69, 9.17) is 4.42 Å². The second-order valence-corrected chi connectivity index (χ2v) is 13.6. The molecule has 1 heterocycles. The van der Waals surface area contributed by atoms with E-state index in [2.05, 4.69) is 153 Å². The molecule has 1 atom stereocenters. The number of furan rings is 1. The SMILES string of the molecule is CC1(C)c2ccccc2-c2c1cc(-c1c3ccccc3c(C3C=Cc4ccccc4C3)c3ccccc13)c1c2oc2ccccc21. The second-order valence-electron chi connectivity index (χ2n) is 13.6. The van der Waals surface area contributed by atoms with Crippen LogP contribution in [-0.4, -0.2) is 0 Å². The van der Waals surface area contributed by atoms with E-state index in [0.29, 0.717) is 5.92 Å². The molecule has 10 rings (SSSR count). The predicted octanol–water partition coefficient (Wildman–Crippen LogP) is 12.2. The van der Waals surface area contributed by atoms with Gasteiger partial charge in [0.15, 0.2) is 0 Å². The zero-order chi connectivity index (χ0) is 30.6. The fourth-order valence-corrected chi connectivity index (χ4v) is 8.71. The summed E-state index contributed by atoms with van der Waals surface area (Å²) in [6.07, 6.45) is 5.75. The average Bonchev–Trinajstić information content (AvgIpc) is 3.59. The minimum atomic E-state index is -0.153. The van der Waals surface area contributed by atoms with Gasteiger partial charge in [-0.2, -0.15) is 0 Å². The standard InChI is InChI=1S/C45H32O/c1-45(2)37-21-11-9-19-34(37)43-38(45)26-36(42-35-20-10-12-22-39(35)46-44(42)43)41-32-17-7-5-15-30(32)40(31-16-6-8-18-33(31)41)29-24-23-27-13-3-4-14-28(27)25-29/h3-24,26,29H,25H2,1-2H3. The fourth-order valence-electron chi connectivity index (χ4n) is 8.71. The number of rotatable bonds is 2. The molecule has 0 amide bonds. The van der Waals surface area contributed by atoms with Gasteiger partial charge in [-0.3, -0.25) is 0 Å². The maximum absolute atomic E-state index is 6.87. The van der Waals surface area contributed by atoms with Crippen molar-refractivity contribution in [3.63, 3.8) is 0 Å². The van der Waals surface area contributed by atoms with E-state index in [1.54, 1.807) is 0 Å². The number of para-hydroxylation sites is 1. The van der Waals surface area contributed by atoms with Gasteiger partial charge in [0.25, 0.3) is 0 Å². The van der Waals surface area contributed by atoms with Gasteiger partial charge < -0.3 is 4.42 Å². The summed E-state index contributed by atoms with van der Waals surface area (Å²) < 4.78 is 6.87. The smallest absolute Gasteiger partial charge is 0.144 e. The summed E-state index contributed by atoms with van der Waals surface area (Å²) in [6.45, 7) is 4.73. The lowest BCUT2D eigenvalue weighted by Crippen LogP contribution is -2.15. The first kappa shape index (κ1) is 25.9. The molecule has 1 unspecified atom stereocenters. The molecule has 0 radical (unpaired) electrons. The highest BCUT2D eigenvalue weighted by atomic mass is 16.3. The zero-order valence-electron chi connectivity index (χ0n) is 26.0. The Hall–Kier alpha value is -5.40. The molecule has 2 aliphatic rings. The van der Waals surface area contributed by atoms with Crippen LogP contribution in [-0.2, 0) is 11.8 Å². The van der Waals surface area contributed by atoms with Crippen LogP contribution in [0.1, 0.15) is 47.6 Å². The zero-order valence-corrected chi connectivity index (χ0v) is 26.0. The Balaban J connectivity index is 1.35. The summed E-state index contributed by atoms with van der Waals surface area (Å²) in [5.41, 5.74) is 13.7. The van der Waals surface area contributed by atoms with Crippen LogP contribution < -0.4 is 0 Å². The van der Waals surface area contributed by atoms with Crippen molar-refractivity contribution in [2.75, 3.05) is 0 Å². The Morgan fingerprint density at radius 1 is 0.587 bits per heavy atom. The van der Waals surface area contributed by atoms with Gasteiger partial charge in [-0.1, -0.05) is 141 Å². The molecular weight excluding hydrogens is 556 g/mol. The molecule has 0 bridgehead atoms. The molecule has 0 aliphatic heterocycles. The van der Waals surface area contributed by atoms with Gasteiger partial charge in [-0.25, -0.2) is 0 Å². The normalized spacial score (nSPS) is 16.3. The topological polar surface area (TPSA) is 13.1 Å². The van der Waals surface area contributed by atoms with Crippen LogP contribution in [0.15, 0.2) is 138 Å². The number of benzene rings is 7. The van der Waals surface area contributed by atoms with Crippen LogP contribution in [0.3, 0.4) is 0 Å². The Morgan fingerprint density at radius 3 is 2.00 bits per heavy atom. The first-order chi connectivity index (χ1) is 22.6. The van der Waals surface area contributed by atoms with Gasteiger partial charge in [0.2, 0.25) is 0 Å². The number of allylic oxidation sites excluding steroid dienone is 1. The molecule has 7 aromatic carbocycles. The molecule has 8 aromatic rings. The lowest BCUT2D eigenvalue weighted by molar-refractivity contribution is 0.653. The summed E-state index contributed by atoms with van der Waals surface area (Å²) in [7, 11) is 0. The fraction of sp³-hybridized carbons (Fsp3) is 0.111.